The van der Waals surface area contributed by atoms with E-state index in [2.05, 4.69) is 25.7 Å². The van der Waals surface area contributed by atoms with Crippen LogP contribution in [0.3, 0.4) is 0 Å². The van der Waals surface area contributed by atoms with Crippen molar-refractivity contribution in [1.29, 1.82) is 0 Å². The Bertz CT molecular complexity index is 233. The lowest BCUT2D eigenvalue weighted by atomic mass is 9.73. The molecule has 3 unspecified atom stereocenters. The quantitative estimate of drug-likeness (QED) is 0.706. The summed E-state index contributed by atoms with van der Waals surface area (Å²) in [7, 11) is 0. The van der Waals surface area contributed by atoms with Crippen molar-refractivity contribution in [2.24, 2.45) is 17.8 Å². The Kier molecular flexibility index (Phi) is 5.19. The Balaban J connectivity index is 2.41. The minimum atomic E-state index is -0.0707. The second-order valence-corrected chi connectivity index (χ2v) is 5.11. The molecule has 1 N–H and O–H groups in total. The first-order chi connectivity index (χ1) is 7.15. The number of hydrogen-bond acceptors (Lipinski definition) is 1. The highest BCUT2D eigenvalue weighted by molar-refractivity contribution is 4.96. The molecule has 0 aliphatic heterocycles. The van der Waals surface area contributed by atoms with Gasteiger partial charge in [0.2, 0.25) is 0 Å². The molecular formula is C14H24O. The first kappa shape index (κ1) is 12.6. The van der Waals surface area contributed by atoms with Crippen LogP contribution in [0.5, 0.6) is 0 Å². The van der Waals surface area contributed by atoms with E-state index in [4.69, 9.17) is 0 Å². The van der Waals surface area contributed by atoms with Crippen molar-refractivity contribution in [1.82, 2.24) is 0 Å². The standard InChI is InChI=1S/C14H24O/c1-4-5-6-7-13-10-12(11(2)3)8-9-14(13)15/h11-15H,6-10H2,1-3H3. The van der Waals surface area contributed by atoms with E-state index >= 15 is 0 Å². The summed E-state index contributed by atoms with van der Waals surface area (Å²) in [5.74, 6) is 8.09. The molecule has 0 aromatic heterocycles. The molecule has 3 atom stereocenters. The van der Waals surface area contributed by atoms with Crippen molar-refractivity contribution < 1.29 is 5.11 Å². The van der Waals surface area contributed by atoms with Crippen LogP contribution in [0.4, 0.5) is 0 Å². The largest absolute Gasteiger partial charge is 0.393 e. The topological polar surface area (TPSA) is 20.2 Å². The summed E-state index contributed by atoms with van der Waals surface area (Å²) in [5, 5.41) is 9.92. The molecule has 1 heteroatoms. The fourth-order valence-corrected chi connectivity index (χ4v) is 2.58. The van der Waals surface area contributed by atoms with E-state index in [9.17, 15) is 5.11 Å². The van der Waals surface area contributed by atoms with Crippen LogP contribution in [-0.4, -0.2) is 11.2 Å². The summed E-state index contributed by atoms with van der Waals surface area (Å²) in [4.78, 5) is 0. The maximum Gasteiger partial charge on any atom is 0.0568 e. The zero-order valence-electron chi connectivity index (χ0n) is 10.3. The zero-order chi connectivity index (χ0) is 11.3. The Morgan fingerprint density at radius 3 is 2.67 bits per heavy atom. The third-order valence-electron chi connectivity index (χ3n) is 3.74. The third-order valence-corrected chi connectivity index (χ3v) is 3.74. The van der Waals surface area contributed by atoms with E-state index in [1.807, 2.05) is 6.92 Å². The van der Waals surface area contributed by atoms with Crippen LogP contribution in [0.1, 0.15) is 52.9 Å². The predicted octanol–water partition coefficient (Wildman–Crippen LogP) is 3.22. The van der Waals surface area contributed by atoms with Crippen molar-refractivity contribution in [3.8, 4) is 11.8 Å². The number of aliphatic hydroxyl groups excluding tert-OH is 1. The van der Waals surface area contributed by atoms with Gasteiger partial charge in [0.15, 0.2) is 0 Å². The van der Waals surface area contributed by atoms with E-state index in [-0.39, 0.29) is 6.10 Å². The van der Waals surface area contributed by atoms with Crippen LogP contribution in [0, 0.1) is 29.6 Å². The van der Waals surface area contributed by atoms with E-state index in [1.54, 1.807) is 0 Å². The maximum atomic E-state index is 9.92. The monoisotopic (exact) mass is 208 g/mol. The average Bonchev–Trinajstić information content (AvgIpc) is 2.20. The summed E-state index contributed by atoms with van der Waals surface area (Å²) in [6.07, 6.45) is 5.35. The van der Waals surface area contributed by atoms with Crippen molar-refractivity contribution in [3.63, 3.8) is 0 Å². The molecular weight excluding hydrogens is 184 g/mol. The second-order valence-electron chi connectivity index (χ2n) is 5.11. The summed E-state index contributed by atoms with van der Waals surface area (Å²) in [6, 6.07) is 0. The first-order valence-electron chi connectivity index (χ1n) is 6.22. The molecule has 1 nitrogen and oxygen atoms in total. The van der Waals surface area contributed by atoms with Crippen LogP contribution in [0.2, 0.25) is 0 Å². The van der Waals surface area contributed by atoms with E-state index < -0.39 is 0 Å². The van der Waals surface area contributed by atoms with Crippen molar-refractivity contribution in [2.45, 2.75) is 59.0 Å². The molecule has 0 saturated heterocycles. The normalized spacial score (nSPS) is 31.1. The minimum Gasteiger partial charge on any atom is -0.393 e. The van der Waals surface area contributed by atoms with Gasteiger partial charge in [-0.05, 0) is 50.4 Å². The average molecular weight is 208 g/mol. The van der Waals surface area contributed by atoms with Crippen molar-refractivity contribution in [2.75, 3.05) is 0 Å². The lowest BCUT2D eigenvalue weighted by Crippen LogP contribution is -2.31. The maximum absolute atomic E-state index is 9.92. The molecule has 0 aromatic carbocycles. The number of aliphatic hydroxyl groups is 1. The SMILES string of the molecule is CC#CCCC1CC(C(C)C)CCC1O. The van der Waals surface area contributed by atoms with Crippen LogP contribution >= 0.6 is 0 Å². The summed E-state index contributed by atoms with van der Waals surface area (Å²) in [5.41, 5.74) is 0. The van der Waals surface area contributed by atoms with Crippen LogP contribution in [0.15, 0.2) is 0 Å². The molecule has 0 aromatic rings. The molecule has 15 heavy (non-hydrogen) atoms. The van der Waals surface area contributed by atoms with Gasteiger partial charge in [0.25, 0.3) is 0 Å². The lowest BCUT2D eigenvalue weighted by Gasteiger charge is -2.35. The summed E-state index contributed by atoms with van der Waals surface area (Å²) < 4.78 is 0. The van der Waals surface area contributed by atoms with Crippen molar-refractivity contribution in [3.05, 3.63) is 0 Å². The molecule has 0 radical (unpaired) electrons. The van der Waals surface area contributed by atoms with Gasteiger partial charge >= 0.3 is 0 Å². The Morgan fingerprint density at radius 1 is 1.33 bits per heavy atom. The van der Waals surface area contributed by atoms with Gasteiger partial charge in [0.05, 0.1) is 6.10 Å². The Morgan fingerprint density at radius 2 is 2.07 bits per heavy atom. The zero-order valence-corrected chi connectivity index (χ0v) is 10.3. The fourth-order valence-electron chi connectivity index (χ4n) is 2.58. The molecule has 86 valence electrons. The highest BCUT2D eigenvalue weighted by Crippen LogP contribution is 2.35. The minimum absolute atomic E-state index is 0.0707. The highest BCUT2D eigenvalue weighted by Gasteiger charge is 2.29. The smallest absolute Gasteiger partial charge is 0.0568 e. The molecule has 1 rings (SSSR count). The second kappa shape index (κ2) is 6.18. The van der Waals surface area contributed by atoms with Gasteiger partial charge in [-0.25, -0.2) is 0 Å². The summed E-state index contributed by atoms with van der Waals surface area (Å²) >= 11 is 0. The molecule has 0 amide bonds. The van der Waals surface area contributed by atoms with Crippen LogP contribution in [-0.2, 0) is 0 Å². The van der Waals surface area contributed by atoms with Gasteiger partial charge in [0.1, 0.15) is 0 Å². The Hall–Kier alpha value is -0.480. The van der Waals surface area contributed by atoms with Gasteiger partial charge in [-0.15, -0.1) is 11.8 Å². The van der Waals surface area contributed by atoms with E-state index in [0.29, 0.717) is 5.92 Å². The van der Waals surface area contributed by atoms with E-state index in [1.165, 1.54) is 12.8 Å². The molecule has 0 heterocycles. The molecule has 1 saturated carbocycles. The van der Waals surface area contributed by atoms with Gasteiger partial charge in [-0.3, -0.25) is 0 Å². The molecule has 1 aliphatic carbocycles. The molecule has 0 bridgehead atoms. The van der Waals surface area contributed by atoms with Gasteiger partial charge in [-0.1, -0.05) is 13.8 Å². The molecule has 1 fully saturated rings. The van der Waals surface area contributed by atoms with Crippen molar-refractivity contribution >= 4 is 0 Å². The van der Waals surface area contributed by atoms with Gasteiger partial charge < -0.3 is 5.11 Å². The van der Waals surface area contributed by atoms with E-state index in [0.717, 1.165) is 31.1 Å². The molecule has 0 spiro atoms. The van der Waals surface area contributed by atoms with Gasteiger partial charge in [-0.2, -0.15) is 0 Å². The molecule has 1 aliphatic rings. The fraction of sp³-hybridized carbons (Fsp3) is 0.857. The van der Waals surface area contributed by atoms with Crippen LogP contribution in [0.25, 0.3) is 0 Å². The Labute approximate surface area is 94.3 Å². The predicted molar refractivity (Wildman–Crippen MR) is 64.4 cm³/mol. The highest BCUT2D eigenvalue weighted by atomic mass is 16.3. The van der Waals surface area contributed by atoms with Crippen LogP contribution < -0.4 is 0 Å². The number of hydrogen-bond donors (Lipinski definition) is 1. The lowest BCUT2D eigenvalue weighted by molar-refractivity contribution is 0.0343. The third kappa shape index (κ3) is 3.87. The first-order valence-corrected chi connectivity index (χ1v) is 6.22. The van der Waals surface area contributed by atoms with Gasteiger partial charge in [0, 0.05) is 6.42 Å². The number of rotatable bonds is 3. The summed E-state index contributed by atoms with van der Waals surface area (Å²) in [6.45, 7) is 6.48.